The first-order valence-corrected chi connectivity index (χ1v) is 8.81. The van der Waals surface area contributed by atoms with Crippen LogP contribution < -0.4 is 10.1 Å². The molecule has 0 radical (unpaired) electrons. The van der Waals surface area contributed by atoms with Gasteiger partial charge in [0, 0.05) is 5.69 Å². The third-order valence-electron chi connectivity index (χ3n) is 3.83. The molecule has 0 heterocycles. The van der Waals surface area contributed by atoms with Crippen molar-refractivity contribution in [1.29, 1.82) is 5.26 Å². The van der Waals surface area contributed by atoms with Gasteiger partial charge in [-0.1, -0.05) is 29.8 Å². The first-order chi connectivity index (χ1) is 13.4. The van der Waals surface area contributed by atoms with Gasteiger partial charge in [-0.25, -0.2) is 4.79 Å². The lowest BCUT2D eigenvalue weighted by Gasteiger charge is -2.09. The number of benzene rings is 2. The van der Waals surface area contributed by atoms with E-state index in [0.717, 1.165) is 11.1 Å². The van der Waals surface area contributed by atoms with Crippen molar-refractivity contribution < 1.29 is 19.1 Å². The second-order valence-corrected chi connectivity index (χ2v) is 6.11. The maximum absolute atomic E-state index is 12.1. The molecule has 0 aliphatic heterocycles. The third kappa shape index (κ3) is 5.99. The minimum Gasteiger partial charge on any atom is -0.494 e. The number of rotatable bonds is 7. The number of nitrogens with one attached hydrogen (secondary N) is 1. The minimum atomic E-state index is -0.854. The smallest absolute Gasteiger partial charge is 0.349 e. The molecule has 0 fully saturated rings. The summed E-state index contributed by atoms with van der Waals surface area (Å²) in [7, 11) is 0. The van der Waals surface area contributed by atoms with Crippen LogP contribution in [0.5, 0.6) is 5.75 Å². The van der Waals surface area contributed by atoms with Crippen LogP contribution in [-0.4, -0.2) is 25.1 Å². The summed E-state index contributed by atoms with van der Waals surface area (Å²) in [5.74, 6) is -0.630. The van der Waals surface area contributed by atoms with Gasteiger partial charge in [-0.05, 0) is 56.2 Å². The maximum atomic E-state index is 12.1. The van der Waals surface area contributed by atoms with Gasteiger partial charge in [0.2, 0.25) is 0 Å². The van der Waals surface area contributed by atoms with Crippen molar-refractivity contribution in [1.82, 2.24) is 0 Å². The largest absolute Gasteiger partial charge is 0.494 e. The average Bonchev–Trinajstić information content (AvgIpc) is 2.68. The van der Waals surface area contributed by atoms with Crippen LogP contribution >= 0.6 is 0 Å². The van der Waals surface area contributed by atoms with Crippen molar-refractivity contribution in [3.63, 3.8) is 0 Å². The molecule has 2 aromatic carbocycles. The van der Waals surface area contributed by atoms with Crippen molar-refractivity contribution in [2.45, 2.75) is 20.8 Å². The molecule has 0 aromatic heterocycles. The molecule has 1 N–H and O–H groups in total. The Bertz CT molecular complexity index is 925. The Labute approximate surface area is 164 Å². The van der Waals surface area contributed by atoms with Crippen molar-refractivity contribution in [3.05, 3.63) is 64.7 Å². The van der Waals surface area contributed by atoms with Crippen LogP contribution in [0.4, 0.5) is 5.69 Å². The molecule has 6 heteroatoms. The Hall–Kier alpha value is -3.59. The van der Waals surface area contributed by atoms with Crippen LogP contribution in [0, 0.1) is 25.2 Å². The monoisotopic (exact) mass is 378 g/mol. The summed E-state index contributed by atoms with van der Waals surface area (Å²) < 4.78 is 10.3. The van der Waals surface area contributed by atoms with Gasteiger partial charge < -0.3 is 14.8 Å². The quantitative estimate of drug-likeness (QED) is 0.450. The Balaban J connectivity index is 1.95. The first kappa shape index (κ1) is 20.7. The SMILES string of the molecule is CCOc1ccc(/C=C(\C#N)C(=O)OCC(=O)Nc2ccc(C)cc2C)cc1. The van der Waals surface area contributed by atoms with Gasteiger partial charge in [-0.3, -0.25) is 4.79 Å². The Kier molecular flexibility index (Phi) is 7.35. The Morgan fingerprint density at radius 3 is 2.46 bits per heavy atom. The lowest BCUT2D eigenvalue weighted by atomic mass is 10.1. The van der Waals surface area contributed by atoms with Gasteiger partial charge in [0.15, 0.2) is 6.61 Å². The van der Waals surface area contributed by atoms with Crippen LogP contribution in [0.25, 0.3) is 6.08 Å². The summed E-state index contributed by atoms with van der Waals surface area (Å²) in [5.41, 5.74) is 3.10. The summed E-state index contributed by atoms with van der Waals surface area (Å²) in [4.78, 5) is 24.1. The van der Waals surface area contributed by atoms with Crippen LogP contribution in [0.3, 0.4) is 0 Å². The number of hydrogen-bond donors (Lipinski definition) is 1. The van der Waals surface area contributed by atoms with Crippen molar-refractivity contribution in [2.24, 2.45) is 0 Å². The number of carbonyl (C=O) groups excluding carboxylic acids is 2. The molecule has 144 valence electrons. The van der Waals surface area contributed by atoms with Crippen molar-refractivity contribution in [2.75, 3.05) is 18.5 Å². The van der Waals surface area contributed by atoms with Gasteiger partial charge in [0.1, 0.15) is 17.4 Å². The average molecular weight is 378 g/mol. The molecule has 0 aliphatic carbocycles. The number of amides is 1. The number of anilines is 1. The summed E-state index contributed by atoms with van der Waals surface area (Å²) in [6, 6.07) is 14.3. The summed E-state index contributed by atoms with van der Waals surface area (Å²) in [6.45, 7) is 5.79. The lowest BCUT2D eigenvalue weighted by Crippen LogP contribution is -2.21. The van der Waals surface area contributed by atoms with Gasteiger partial charge in [0.25, 0.3) is 5.91 Å². The van der Waals surface area contributed by atoms with Crippen LogP contribution in [-0.2, 0) is 14.3 Å². The van der Waals surface area contributed by atoms with Crippen LogP contribution in [0.1, 0.15) is 23.6 Å². The highest BCUT2D eigenvalue weighted by molar-refractivity contribution is 6.00. The Morgan fingerprint density at radius 2 is 1.86 bits per heavy atom. The standard InChI is InChI=1S/C22H22N2O4/c1-4-27-19-8-6-17(7-9-19)12-18(13-23)22(26)28-14-21(25)24-20-10-5-15(2)11-16(20)3/h5-12H,4,14H2,1-3H3,(H,24,25)/b18-12+. The number of nitrogens with zero attached hydrogens (tertiary/aromatic N) is 1. The second-order valence-electron chi connectivity index (χ2n) is 6.11. The van der Waals surface area contributed by atoms with Gasteiger partial charge in [-0.15, -0.1) is 0 Å². The highest BCUT2D eigenvalue weighted by atomic mass is 16.5. The van der Waals surface area contributed by atoms with Gasteiger partial charge in [0.05, 0.1) is 6.61 Å². The highest BCUT2D eigenvalue weighted by Crippen LogP contribution is 2.17. The van der Waals surface area contributed by atoms with E-state index in [1.54, 1.807) is 36.4 Å². The first-order valence-electron chi connectivity index (χ1n) is 8.81. The number of aryl methyl sites for hydroxylation is 2. The van der Waals surface area contributed by atoms with E-state index in [1.807, 2.05) is 32.9 Å². The lowest BCUT2D eigenvalue weighted by molar-refractivity contribution is -0.142. The van der Waals surface area contributed by atoms with E-state index in [2.05, 4.69) is 5.32 Å². The summed E-state index contributed by atoms with van der Waals surface area (Å²) in [5, 5.41) is 11.9. The Morgan fingerprint density at radius 1 is 1.14 bits per heavy atom. The molecule has 0 spiro atoms. The number of nitriles is 1. The molecule has 0 atom stereocenters. The topological polar surface area (TPSA) is 88.4 Å². The number of ether oxygens (including phenoxy) is 2. The van der Waals surface area contributed by atoms with E-state index >= 15 is 0 Å². The molecule has 2 rings (SSSR count). The van der Waals surface area contributed by atoms with Gasteiger partial charge >= 0.3 is 5.97 Å². The molecular formula is C22H22N2O4. The predicted molar refractivity (Wildman–Crippen MR) is 107 cm³/mol. The van der Waals surface area contributed by atoms with E-state index in [-0.39, 0.29) is 5.57 Å². The summed E-state index contributed by atoms with van der Waals surface area (Å²) >= 11 is 0. The van der Waals surface area contributed by atoms with Crippen LogP contribution in [0.2, 0.25) is 0 Å². The van der Waals surface area contributed by atoms with E-state index < -0.39 is 18.5 Å². The number of carbonyl (C=O) groups is 2. The molecule has 0 saturated carbocycles. The molecule has 6 nitrogen and oxygen atoms in total. The van der Waals surface area contributed by atoms with E-state index in [9.17, 15) is 14.9 Å². The molecule has 0 bridgehead atoms. The maximum Gasteiger partial charge on any atom is 0.349 e. The fourth-order valence-electron chi connectivity index (χ4n) is 2.48. The van der Waals surface area contributed by atoms with Crippen molar-refractivity contribution in [3.8, 4) is 11.8 Å². The second kappa shape index (κ2) is 9.93. The molecule has 1 amide bonds. The zero-order valence-electron chi connectivity index (χ0n) is 16.1. The van der Waals surface area contributed by atoms with E-state index in [4.69, 9.17) is 9.47 Å². The van der Waals surface area contributed by atoms with E-state index in [1.165, 1.54) is 6.08 Å². The molecular weight excluding hydrogens is 356 g/mol. The van der Waals surface area contributed by atoms with Crippen molar-refractivity contribution >= 4 is 23.6 Å². The van der Waals surface area contributed by atoms with Gasteiger partial charge in [-0.2, -0.15) is 5.26 Å². The summed E-state index contributed by atoms with van der Waals surface area (Å²) in [6.07, 6.45) is 1.40. The number of esters is 1. The highest BCUT2D eigenvalue weighted by Gasteiger charge is 2.14. The zero-order valence-corrected chi connectivity index (χ0v) is 16.1. The molecule has 0 unspecified atom stereocenters. The molecule has 2 aromatic rings. The fourth-order valence-corrected chi connectivity index (χ4v) is 2.48. The van der Waals surface area contributed by atoms with Crippen LogP contribution in [0.15, 0.2) is 48.0 Å². The fraction of sp³-hybridized carbons (Fsp3) is 0.227. The molecule has 0 saturated heterocycles. The van der Waals surface area contributed by atoms with E-state index in [0.29, 0.717) is 23.6 Å². The molecule has 28 heavy (non-hydrogen) atoms. The predicted octanol–water partition coefficient (Wildman–Crippen LogP) is 3.79. The number of hydrogen-bond acceptors (Lipinski definition) is 5. The normalized spacial score (nSPS) is 10.7. The minimum absolute atomic E-state index is 0.191. The molecule has 0 aliphatic rings. The zero-order chi connectivity index (χ0) is 20.5. The third-order valence-corrected chi connectivity index (χ3v) is 3.83.